The first-order chi connectivity index (χ1) is 35.4. The molecular formula is C69H48N2O. The van der Waals surface area contributed by atoms with Crippen LogP contribution in [-0.2, 0) is 5.41 Å². The monoisotopic (exact) mass is 920 g/mol. The predicted molar refractivity (Wildman–Crippen MR) is 302 cm³/mol. The maximum atomic E-state index is 6.19. The van der Waals surface area contributed by atoms with Crippen LogP contribution in [0.15, 0.2) is 259 Å². The Morgan fingerprint density at radius 1 is 0.319 bits per heavy atom. The number of hydrogen-bond donors (Lipinski definition) is 0. The molecule has 0 atom stereocenters. The van der Waals surface area contributed by atoms with Crippen molar-refractivity contribution in [3.8, 4) is 61.3 Å². The molecule has 0 amide bonds. The summed E-state index contributed by atoms with van der Waals surface area (Å²) in [7, 11) is 0. The van der Waals surface area contributed by atoms with Crippen LogP contribution in [0.25, 0.3) is 105 Å². The number of fused-ring (bicyclic) bond motifs is 9. The van der Waals surface area contributed by atoms with Crippen LogP contribution in [0.5, 0.6) is 0 Å². The van der Waals surface area contributed by atoms with Gasteiger partial charge in [-0.05, 0) is 164 Å². The maximum absolute atomic E-state index is 6.19. The third-order valence-corrected chi connectivity index (χ3v) is 15.2. The third kappa shape index (κ3) is 6.81. The van der Waals surface area contributed by atoms with E-state index in [-0.39, 0.29) is 5.41 Å². The molecule has 0 fully saturated rings. The van der Waals surface area contributed by atoms with Crippen molar-refractivity contribution in [3.05, 3.63) is 266 Å². The molecule has 2 aromatic heterocycles. The van der Waals surface area contributed by atoms with E-state index in [0.29, 0.717) is 0 Å². The second kappa shape index (κ2) is 16.5. The fourth-order valence-electron chi connectivity index (χ4n) is 11.5. The Balaban J connectivity index is 0.874. The summed E-state index contributed by atoms with van der Waals surface area (Å²) in [6.45, 7) is 4.77. The average Bonchev–Trinajstić information content (AvgIpc) is 4.06. The zero-order chi connectivity index (χ0) is 47.9. The minimum absolute atomic E-state index is 0.259. The standard InChI is InChI=1S/C69H48N2O/c1-69(2)63-43-55(34-36-57(63)58-37-35-56(44-64(58)69)71-65-22-12-9-19-59(65)60-20-10-13-23-66(60)71)70(53-30-25-47(26-31-53)49-29-38-68-62(42-49)61-21-11-14-24-67(61)72-68)54-32-27-48(28-33-54)52-40-50(45-15-5-3-6-16-45)39-51(41-52)46-17-7-4-8-18-46/h3-44H,1-2H3. The molecule has 2 heterocycles. The molecule has 11 aromatic carbocycles. The summed E-state index contributed by atoms with van der Waals surface area (Å²) in [5.41, 5.74) is 23.1. The number of rotatable bonds is 8. The quantitative estimate of drug-likeness (QED) is 0.151. The summed E-state index contributed by atoms with van der Waals surface area (Å²) < 4.78 is 8.62. The van der Waals surface area contributed by atoms with E-state index in [1.54, 1.807) is 0 Å². The number of aromatic nitrogens is 1. The fourth-order valence-corrected chi connectivity index (χ4v) is 11.5. The summed E-state index contributed by atoms with van der Waals surface area (Å²) in [5, 5.41) is 4.80. The smallest absolute Gasteiger partial charge is 0.135 e. The topological polar surface area (TPSA) is 21.3 Å². The summed E-state index contributed by atoms with van der Waals surface area (Å²) >= 11 is 0. The van der Waals surface area contributed by atoms with Gasteiger partial charge in [0.2, 0.25) is 0 Å². The third-order valence-electron chi connectivity index (χ3n) is 15.2. The molecule has 340 valence electrons. The van der Waals surface area contributed by atoms with E-state index in [2.05, 4.69) is 266 Å². The Kier molecular flexibility index (Phi) is 9.56. The molecule has 0 unspecified atom stereocenters. The Morgan fingerprint density at radius 3 is 1.36 bits per heavy atom. The molecule has 1 aliphatic carbocycles. The molecule has 3 nitrogen and oxygen atoms in total. The Bertz CT molecular complexity index is 4110. The first-order valence-electron chi connectivity index (χ1n) is 24.9. The number of anilines is 3. The molecule has 0 saturated carbocycles. The lowest BCUT2D eigenvalue weighted by Gasteiger charge is -2.28. The first-order valence-corrected chi connectivity index (χ1v) is 24.9. The van der Waals surface area contributed by atoms with E-state index < -0.39 is 0 Å². The number of hydrogen-bond acceptors (Lipinski definition) is 2. The van der Waals surface area contributed by atoms with Gasteiger partial charge in [0.25, 0.3) is 0 Å². The van der Waals surface area contributed by atoms with Crippen LogP contribution in [-0.4, -0.2) is 4.57 Å². The summed E-state index contributed by atoms with van der Waals surface area (Å²) in [6, 6.07) is 93.0. The molecule has 72 heavy (non-hydrogen) atoms. The molecule has 14 rings (SSSR count). The normalized spacial score (nSPS) is 12.7. The van der Waals surface area contributed by atoms with Gasteiger partial charge in [-0.25, -0.2) is 0 Å². The second-order valence-corrected chi connectivity index (χ2v) is 19.7. The van der Waals surface area contributed by atoms with Crippen molar-refractivity contribution < 1.29 is 4.42 Å². The number of furan rings is 1. The molecule has 0 saturated heterocycles. The van der Waals surface area contributed by atoms with E-state index in [9.17, 15) is 0 Å². The molecule has 0 spiro atoms. The lowest BCUT2D eigenvalue weighted by molar-refractivity contribution is 0.660. The van der Waals surface area contributed by atoms with Crippen molar-refractivity contribution in [2.75, 3.05) is 4.90 Å². The van der Waals surface area contributed by atoms with Gasteiger partial charge in [0, 0.05) is 49.7 Å². The molecule has 0 radical (unpaired) electrons. The number of nitrogens with zero attached hydrogens (tertiary/aromatic N) is 2. The maximum Gasteiger partial charge on any atom is 0.135 e. The predicted octanol–water partition coefficient (Wildman–Crippen LogP) is 19.1. The molecule has 13 aromatic rings. The van der Waals surface area contributed by atoms with Crippen molar-refractivity contribution in [2.24, 2.45) is 0 Å². The van der Waals surface area contributed by atoms with Crippen LogP contribution >= 0.6 is 0 Å². The van der Waals surface area contributed by atoms with Gasteiger partial charge in [-0.2, -0.15) is 0 Å². The van der Waals surface area contributed by atoms with Crippen molar-refractivity contribution in [1.29, 1.82) is 0 Å². The van der Waals surface area contributed by atoms with Gasteiger partial charge in [0.15, 0.2) is 0 Å². The highest BCUT2D eigenvalue weighted by Gasteiger charge is 2.36. The SMILES string of the molecule is CC1(C)c2cc(N(c3ccc(-c4cc(-c5ccccc5)cc(-c5ccccc5)c4)cc3)c3ccc(-c4ccc5oc6ccccc6c5c4)cc3)ccc2-c2ccc(-n3c4ccccc4c4ccccc43)cc21. The number of para-hydroxylation sites is 3. The number of benzene rings is 11. The molecule has 0 N–H and O–H groups in total. The Labute approximate surface area is 419 Å². The highest BCUT2D eigenvalue weighted by molar-refractivity contribution is 6.09. The molecule has 0 aliphatic heterocycles. The van der Waals surface area contributed by atoms with Crippen LogP contribution in [0.3, 0.4) is 0 Å². The van der Waals surface area contributed by atoms with E-state index in [1.807, 2.05) is 12.1 Å². The van der Waals surface area contributed by atoms with Crippen molar-refractivity contribution >= 4 is 60.8 Å². The van der Waals surface area contributed by atoms with Crippen LogP contribution in [0, 0.1) is 0 Å². The van der Waals surface area contributed by atoms with Gasteiger partial charge in [0.05, 0.1) is 11.0 Å². The van der Waals surface area contributed by atoms with Gasteiger partial charge in [-0.15, -0.1) is 0 Å². The van der Waals surface area contributed by atoms with Crippen molar-refractivity contribution in [3.63, 3.8) is 0 Å². The van der Waals surface area contributed by atoms with Gasteiger partial charge in [-0.3, -0.25) is 0 Å². The Hall–Kier alpha value is -9.18. The van der Waals surface area contributed by atoms with Crippen LogP contribution in [0.2, 0.25) is 0 Å². The van der Waals surface area contributed by atoms with E-state index >= 15 is 0 Å². The van der Waals surface area contributed by atoms with Gasteiger partial charge in [-0.1, -0.05) is 172 Å². The summed E-state index contributed by atoms with van der Waals surface area (Å²) in [4.78, 5) is 2.42. The molecule has 0 bridgehead atoms. The van der Waals surface area contributed by atoms with Crippen molar-refractivity contribution in [1.82, 2.24) is 4.57 Å². The van der Waals surface area contributed by atoms with E-state index in [4.69, 9.17) is 4.42 Å². The second-order valence-electron chi connectivity index (χ2n) is 19.7. The van der Waals surface area contributed by atoms with Crippen LogP contribution in [0.4, 0.5) is 17.1 Å². The largest absolute Gasteiger partial charge is 0.456 e. The lowest BCUT2D eigenvalue weighted by Crippen LogP contribution is -2.17. The molecule has 1 aliphatic rings. The van der Waals surface area contributed by atoms with E-state index in [1.165, 1.54) is 77.6 Å². The van der Waals surface area contributed by atoms with E-state index in [0.717, 1.165) is 55.7 Å². The highest BCUT2D eigenvalue weighted by Crippen LogP contribution is 2.52. The zero-order valence-electron chi connectivity index (χ0n) is 40.1. The first kappa shape index (κ1) is 41.8. The van der Waals surface area contributed by atoms with Gasteiger partial charge < -0.3 is 13.9 Å². The zero-order valence-corrected chi connectivity index (χ0v) is 40.1. The minimum Gasteiger partial charge on any atom is -0.456 e. The molecular weight excluding hydrogens is 873 g/mol. The molecule has 3 heteroatoms. The Morgan fingerprint density at radius 2 is 0.764 bits per heavy atom. The lowest BCUT2D eigenvalue weighted by atomic mass is 9.82. The summed E-state index contributed by atoms with van der Waals surface area (Å²) in [6.07, 6.45) is 0. The fraction of sp³-hybridized carbons (Fsp3) is 0.0435. The summed E-state index contributed by atoms with van der Waals surface area (Å²) in [5.74, 6) is 0. The highest BCUT2D eigenvalue weighted by atomic mass is 16.3. The average molecular weight is 921 g/mol. The van der Waals surface area contributed by atoms with Gasteiger partial charge in [0.1, 0.15) is 11.2 Å². The van der Waals surface area contributed by atoms with Crippen LogP contribution in [0.1, 0.15) is 25.0 Å². The van der Waals surface area contributed by atoms with Gasteiger partial charge >= 0.3 is 0 Å². The minimum atomic E-state index is -0.259. The van der Waals surface area contributed by atoms with Crippen LogP contribution < -0.4 is 4.90 Å². The van der Waals surface area contributed by atoms with Crippen molar-refractivity contribution in [2.45, 2.75) is 19.3 Å².